The van der Waals surface area contributed by atoms with Gasteiger partial charge in [-0.25, -0.2) is 9.18 Å². The van der Waals surface area contributed by atoms with E-state index in [0.29, 0.717) is 13.1 Å². The normalized spacial score (nSPS) is 17.1. The molecule has 160 valence electrons. The standard InChI is InChI=1S/C24H30FN3O2/c1-27-12-10-22(11-13-27)28(17-18-4-7-21(25)8-5-18)24(29)26-16-19-6-9-23-20(15-19)3-2-14-30-23/h4-9,15,22H,2-3,10-14,16-17H2,1H3,(H,26,29). The first-order valence-electron chi connectivity index (χ1n) is 10.8. The molecule has 2 heterocycles. The number of ether oxygens (including phenoxy) is 1. The summed E-state index contributed by atoms with van der Waals surface area (Å²) in [5, 5.41) is 3.10. The molecule has 1 N–H and O–H groups in total. The van der Waals surface area contributed by atoms with Crippen LogP contribution in [-0.4, -0.2) is 48.6 Å². The van der Waals surface area contributed by atoms with E-state index < -0.39 is 0 Å². The van der Waals surface area contributed by atoms with Crippen molar-refractivity contribution in [3.8, 4) is 5.75 Å². The van der Waals surface area contributed by atoms with Gasteiger partial charge in [0.25, 0.3) is 0 Å². The summed E-state index contributed by atoms with van der Waals surface area (Å²) in [6.07, 6.45) is 3.94. The molecule has 0 saturated carbocycles. The summed E-state index contributed by atoms with van der Waals surface area (Å²) in [7, 11) is 2.11. The first-order valence-corrected chi connectivity index (χ1v) is 10.8. The fourth-order valence-corrected chi connectivity index (χ4v) is 4.26. The Labute approximate surface area is 177 Å². The number of rotatable bonds is 5. The van der Waals surface area contributed by atoms with Gasteiger partial charge < -0.3 is 19.9 Å². The maximum absolute atomic E-state index is 13.3. The predicted octanol–water partition coefficient (Wildman–Crippen LogP) is 3.96. The van der Waals surface area contributed by atoms with Crippen LogP contribution in [0, 0.1) is 5.82 Å². The van der Waals surface area contributed by atoms with Crippen molar-refractivity contribution >= 4 is 6.03 Å². The Kier molecular flexibility index (Phi) is 6.53. The summed E-state index contributed by atoms with van der Waals surface area (Å²) >= 11 is 0. The summed E-state index contributed by atoms with van der Waals surface area (Å²) in [5.74, 6) is 0.700. The van der Waals surface area contributed by atoms with Crippen LogP contribution in [0.25, 0.3) is 0 Å². The van der Waals surface area contributed by atoms with E-state index >= 15 is 0 Å². The first kappa shape index (κ1) is 20.7. The Morgan fingerprint density at radius 2 is 1.90 bits per heavy atom. The highest BCUT2D eigenvalue weighted by molar-refractivity contribution is 5.74. The molecular weight excluding hydrogens is 381 g/mol. The fourth-order valence-electron chi connectivity index (χ4n) is 4.26. The molecule has 0 spiro atoms. The largest absolute Gasteiger partial charge is 0.493 e. The number of nitrogens with one attached hydrogen (secondary N) is 1. The molecule has 1 fully saturated rings. The van der Waals surface area contributed by atoms with Crippen molar-refractivity contribution in [2.24, 2.45) is 0 Å². The van der Waals surface area contributed by atoms with Crippen molar-refractivity contribution in [3.05, 3.63) is 65.0 Å². The van der Waals surface area contributed by atoms with E-state index in [9.17, 15) is 9.18 Å². The third-order valence-corrected chi connectivity index (χ3v) is 6.07. The van der Waals surface area contributed by atoms with Crippen LogP contribution in [0.5, 0.6) is 5.75 Å². The second-order valence-corrected chi connectivity index (χ2v) is 8.34. The topological polar surface area (TPSA) is 44.8 Å². The van der Waals surface area contributed by atoms with Crippen molar-refractivity contribution in [1.29, 1.82) is 0 Å². The van der Waals surface area contributed by atoms with E-state index in [-0.39, 0.29) is 17.9 Å². The third kappa shape index (κ3) is 5.11. The number of amides is 2. The molecule has 2 aromatic carbocycles. The van der Waals surface area contributed by atoms with Gasteiger partial charge in [0, 0.05) is 19.1 Å². The Hall–Kier alpha value is -2.60. The number of hydrogen-bond acceptors (Lipinski definition) is 3. The van der Waals surface area contributed by atoms with E-state index in [1.807, 2.05) is 17.0 Å². The number of urea groups is 1. The maximum Gasteiger partial charge on any atom is 0.318 e. The smallest absolute Gasteiger partial charge is 0.318 e. The molecule has 0 atom stereocenters. The first-order chi connectivity index (χ1) is 14.6. The maximum atomic E-state index is 13.3. The number of benzene rings is 2. The molecule has 0 radical (unpaired) electrons. The van der Waals surface area contributed by atoms with Crippen LogP contribution >= 0.6 is 0 Å². The molecule has 2 aliphatic heterocycles. The van der Waals surface area contributed by atoms with Gasteiger partial charge in [0.15, 0.2) is 0 Å². The second-order valence-electron chi connectivity index (χ2n) is 8.34. The number of nitrogens with zero attached hydrogens (tertiary/aromatic N) is 2. The van der Waals surface area contributed by atoms with Gasteiger partial charge in [-0.15, -0.1) is 0 Å². The number of halogens is 1. The number of fused-ring (bicyclic) bond motifs is 1. The number of carbonyl (C=O) groups is 1. The van der Waals surface area contributed by atoms with Gasteiger partial charge >= 0.3 is 6.03 Å². The molecule has 6 heteroatoms. The van der Waals surface area contributed by atoms with Crippen LogP contribution in [0.15, 0.2) is 42.5 Å². The highest BCUT2D eigenvalue weighted by Gasteiger charge is 2.27. The molecule has 0 aromatic heterocycles. The average molecular weight is 412 g/mol. The minimum Gasteiger partial charge on any atom is -0.493 e. The number of hydrogen-bond donors (Lipinski definition) is 1. The monoisotopic (exact) mass is 411 g/mol. The van der Waals surface area contributed by atoms with Crippen LogP contribution in [-0.2, 0) is 19.5 Å². The van der Waals surface area contributed by atoms with E-state index in [1.54, 1.807) is 12.1 Å². The lowest BCUT2D eigenvalue weighted by molar-refractivity contribution is 0.127. The number of piperidine rings is 1. The summed E-state index contributed by atoms with van der Waals surface area (Å²) in [5.41, 5.74) is 3.24. The zero-order valence-corrected chi connectivity index (χ0v) is 17.6. The Balaban J connectivity index is 1.43. The molecule has 4 rings (SSSR count). The van der Waals surface area contributed by atoms with Crippen LogP contribution in [0.1, 0.15) is 36.0 Å². The van der Waals surface area contributed by atoms with Crippen LogP contribution in [0.2, 0.25) is 0 Å². The molecule has 30 heavy (non-hydrogen) atoms. The van der Waals surface area contributed by atoms with Crippen LogP contribution in [0.4, 0.5) is 9.18 Å². The number of carbonyl (C=O) groups excluding carboxylic acids is 1. The molecule has 0 aliphatic carbocycles. The second kappa shape index (κ2) is 9.47. The van der Waals surface area contributed by atoms with Crippen molar-refractivity contribution in [2.75, 3.05) is 26.7 Å². The Morgan fingerprint density at radius 3 is 2.67 bits per heavy atom. The van der Waals surface area contributed by atoms with E-state index in [4.69, 9.17) is 4.74 Å². The summed E-state index contributed by atoms with van der Waals surface area (Å²) in [6.45, 7) is 3.69. The van der Waals surface area contributed by atoms with Gasteiger partial charge in [0.05, 0.1) is 6.61 Å². The van der Waals surface area contributed by atoms with Crippen molar-refractivity contribution < 1.29 is 13.9 Å². The number of likely N-dealkylation sites (tertiary alicyclic amines) is 1. The molecule has 2 amide bonds. The highest BCUT2D eigenvalue weighted by Crippen LogP contribution is 2.25. The lowest BCUT2D eigenvalue weighted by Gasteiger charge is -2.37. The Bertz CT molecular complexity index is 863. The SMILES string of the molecule is CN1CCC(N(Cc2ccc(F)cc2)C(=O)NCc2ccc3c(c2)CCCO3)CC1. The van der Waals surface area contributed by atoms with Gasteiger partial charge in [-0.2, -0.15) is 0 Å². The summed E-state index contributed by atoms with van der Waals surface area (Å²) < 4.78 is 19.0. The van der Waals surface area contributed by atoms with Crippen LogP contribution in [0.3, 0.4) is 0 Å². The quantitative estimate of drug-likeness (QED) is 0.810. The average Bonchev–Trinajstić information content (AvgIpc) is 2.77. The molecular formula is C24H30FN3O2. The molecule has 5 nitrogen and oxygen atoms in total. The summed E-state index contributed by atoms with van der Waals surface area (Å²) in [4.78, 5) is 17.4. The fraction of sp³-hybridized carbons (Fsp3) is 0.458. The van der Waals surface area contributed by atoms with Crippen LogP contribution < -0.4 is 10.1 Å². The van der Waals surface area contributed by atoms with Crippen molar-refractivity contribution in [1.82, 2.24) is 15.1 Å². The van der Waals surface area contributed by atoms with Crippen molar-refractivity contribution in [3.63, 3.8) is 0 Å². The molecule has 1 saturated heterocycles. The van der Waals surface area contributed by atoms with E-state index in [2.05, 4.69) is 23.3 Å². The zero-order chi connectivity index (χ0) is 20.9. The molecule has 0 bridgehead atoms. The summed E-state index contributed by atoms with van der Waals surface area (Å²) in [6, 6.07) is 12.7. The van der Waals surface area contributed by atoms with Gasteiger partial charge in [-0.1, -0.05) is 24.3 Å². The minimum absolute atomic E-state index is 0.0668. The zero-order valence-electron chi connectivity index (χ0n) is 17.6. The minimum atomic E-state index is -0.259. The molecule has 0 unspecified atom stereocenters. The van der Waals surface area contributed by atoms with Gasteiger partial charge in [-0.3, -0.25) is 0 Å². The predicted molar refractivity (Wildman–Crippen MR) is 115 cm³/mol. The van der Waals surface area contributed by atoms with Gasteiger partial charge in [-0.05, 0) is 80.7 Å². The lowest BCUT2D eigenvalue weighted by atomic mass is 10.0. The Morgan fingerprint density at radius 1 is 1.17 bits per heavy atom. The third-order valence-electron chi connectivity index (χ3n) is 6.07. The highest BCUT2D eigenvalue weighted by atomic mass is 19.1. The molecule has 2 aliphatic rings. The van der Waals surface area contributed by atoms with Gasteiger partial charge in [0.1, 0.15) is 11.6 Å². The van der Waals surface area contributed by atoms with Crippen molar-refractivity contribution in [2.45, 2.75) is 44.8 Å². The van der Waals surface area contributed by atoms with Gasteiger partial charge in [0.2, 0.25) is 0 Å². The van der Waals surface area contributed by atoms with E-state index in [0.717, 1.165) is 62.3 Å². The number of aryl methyl sites for hydroxylation is 1. The molecule has 2 aromatic rings. The van der Waals surface area contributed by atoms with E-state index in [1.165, 1.54) is 17.7 Å². The lowest BCUT2D eigenvalue weighted by Crippen LogP contribution is -2.49.